The van der Waals surface area contributed by atoms with Gasteiger partial charge in [-0.2, -0.15) is 8.42 Å². The van der Waals surface area contributed by atoms with Gasteiger partial charge in [-0.15, -0.1) is 0 Å². The van der Waals surface area contributed by atoms with Crippen molar-refractivity contribution < 1.29 is 17.4 Å². The SMILES string of the molecule is O=S(=O)(O)CCCN(CCCc1cccc(F)c1)c1ccccc1. The summed E-state index contributed by atoms with van der Waals surface area (Å²) in [6, 6.07) is 16.3. The summed E-state index contributed by atoms with van der Waals surface area (Å²) in [7, 11) is -3.94. The van der Waals surface area contributed by atoms with Crippen LogP contribution in [0.5, 0.6) is 0 Å². The third-order valence-electron chi connectivity index (χ3n) is 3.73. The number of anilines is 1. The predicted molar refractivity (Wildman–Crippen MR) is 94.4 cm³/mol. The number of rotatable bonds is 9. The molecule has 0 fully saturated rings. The highest BCUT2D eigenvalue weighted by atomic mass is 32.2. The van der Waals surface area contributed by atoms with E-state index in [1.807, 2.05) is 36.4 Å². The average Bonchev–Trinajstić information content (AvgIpc) is 2.53. The Bertz CT molecular complexity index is 735. The van der Waals surface area contributed by atoms with E-state index in [4.69, 9.17) is 4.55 Å². The van der Waals surface area contributed by atoms with E-state index in [1.54, 1.807) is 6.07 Å². The van der Waals surface area contributed by atoms with E-state index in [9.17, 15) is 12.8 Å². The minimum absolute atomic E-state index is 0.236. The zero-order valence-electron chi connectivity index (χ0n) is 13.4. The van der Waals surface area contributed by atoms with Crippen molar-refractivity contribution in [1.29, 1.82) is 0 Å². The van der Waals surface area contributed by atoms with Gasteiger partial charge in [-0.25, -0.2) is 4.39 Å². The van der Waals surface area contributed by atoms with Crippen LogP contribution in [0.3, 0.4) is 0 Å². The summed E-state index contributed by atoms with van der Waals surface area (Å²) in [5, 5.41) is 0. The lowest BCUT2D eigenvalue weighted by Gasteiger charge is -2.24. The van der Waals surface area contributed by atoms with E-state index in [1.165, 1.54) is 12.1 Å². The van der Waals surface area contributed by atoms with Crippen LogP contribution >= 0.6 is 0 Å². The number of hydrogen-bond acceptors (Lipinski definition) is 3. The van der Waals surface area contributed by atoms with Gasteiger partial charge >= 0.3 is 0 Å². The Balaban J connectivity index is 1.93. The minimum Gasteiger partial charge on any atom is -0.371 e. The molecule has 0 saturated heterocycles. The van der Waals surface area contributed by atoms with Gasteiger partial charge in [0, 0.05) is 18.8 Å². The van der Waals surface area contributed by atoms with Gasteiger partial charge in [0.15, 0.2) is 0 Å². The Morgan fingerprint density at radius 2 is 1.67 bits per heavy atom. The lowest BCUT2D eigenvalue weighted by molar-refractivity contribution is 0.481. The second-order valence-electron chi connectivity index (χ2n) is 5.70. The van der Waals surface area contributed by atoms with Crippen LogP contribution in [0.25, 0.3) is 0 Å². The van der Waals surface area contributed by atoms with Crippen LogP contribution in [0.15, 0.2) is 54.6 Å². The van der Waals surface area contributed by atoms with E-state index in [2.05, 4.69) is 4.90 Å². The molecule has 2 aromatic carbocycles. The van der Waals surface area contributed by atoms with Crippen molar-refractivity contribution in [2.24, 2.45) is 0 Å². The lowest BCUT2D eigenvalue weighted by Crippen LogP contribution is -2.27. The van der Waals surface area contributed by atoms with E-state index in [0.717, 1.165) is 30.6 Å². The van der Waals surface area contributed by atoms with Crippen molar-refractivity contribution in [3.8, 4) is 0 Å². The predicted octanol–water partition coefficient (Wildman–Crippen LogP) is 3.54. The molecular formula is C18H22FNO3S. The first-order valence-electron chi connectivity index (χ1n) is 7.94. The summed E-state index contributed by atoms with van der Waals surface area (Å²) in [6.45, 7) is 1.26. The van der Waals surface area contributed by atoms with Crippen LogP contribution in [0.1, 0.15) is 18.4 Å². The van der Waals surface area contributed by atoms with Crippen LogP contribution in [0.2, 0.25) is 0 Å². The van der Waals surface area contributed by atoms with Crippen molar-refractivity contribution in [2.75, 3.05) is 23.7 Å². The largest absolute Gasteiger partial charge is 0.371 e. The molecule has 4 nitrogen and oxygen atoms in total. The second-order valence-corrected chi connectivity index (χ2v) is 7.27. The summed E-state index contributed by atoms with van der Waals surface area (Å²) in [5.41, 5.74) is 1.95. The van der Waals surface area contributed by atoms with Crippen molar-refractivity contribution >= 4 is 15.8 Å². The fraction of sp³-hybridized carbons (Fsp3) is 0.333. The Morgan fingerprint density at radius 3 is 2.33 bits per heavy atom. The molecule has 0 aliphatic rings. The molecule has 0 aliphatic heterocycles. The molecule has 0 amide bonds. The third-order valence-corrected chi connectivity index (χ3v) is 4.54. The number of aryl methyl sites for hydroxylation is 1. The smallest absolute Gasteiger partial charge is 0.264 e. The number of benzene rings is 2. The first kappa shape index (κ1) is 18.4. The first-order valence-corrected chi connectivity index (χ1v) is 9.54. The molecule has 0 aliphatic carbocycles. The van der Waals surface area contributed by atoms with Crippen LogP contribution in [-0.2, 0) is 16.5 Å². The van der Waals surface area contributed by atoms with Crippen molar-refractivity contribution in [1.82, 2.24) is 0 Å². The average molecular weight is 351 g/mol. The first-order chi connectivity index (χ1) is 11.4. The molecule has 2 rings (SSSR count). The second kappa shape index (κ2) is 8.80. The van der Waals surface area contributed by atoms with E-state index >= 15 is 0 Å². The molecule has 0 unspecified atom stereocenters. The molecule has 1 N–H and O–H groups in total. The van der Waals surface area contributed by atoms with Gasteiger partial charge in [-0.1, -0.05) is 30.3 Å². The normalized spacial score (nSPS) is 11.4. The molecule has 6 heteroatoms. The molecule has 0 heterocycles. The monoisotopic (exact) mass is 351 g/mol. The molecule has 0 radical (unpaired) electrons. The van der Waals surface area contributed by atoms with E-state index in [0.29, 0.717) is 13.0 Å². The minimum atomic E-state index is -3.94. The topological polar surface area (TPSA) is 57.6 Å². The van der Waals surface area contributed by atoms with Gasteiger partial charge in [0.2, 0.25) is 0 Å². The van der Waals surface area contributed by atoms with Crippen LogP contribution in [-0.4, -0.2) is 31.8 Å². The number of hydrogen-bond donors (Lipinski definition) is 1. The summed E-state index contributed by atoms with van der Waals surface area (Å²) >= 11 is 0. The Kier molecular flexibility index (Phi) is 6.75. The van der Waals surface area contributed by atoms with Crippen molar-refractivity contribution in [3.05, 3.63) is 66.0 Å². The Morgan fingerprint density at radius 1 is 0.958 bits per heavy atom. The van der Waals surface area contributed by atoms with Crippen LogP contribution < -0.4 is 4.90 Å². The maximum absolute atomic E-state index is 13.2. The fourth-order valence-electron chi connectivity index (χ4n) is 2.61. The number of nitrogens with zero attached hydrogens (tertiary/aromatic N) is 1. The van der Waals surface area contributed by atoms with Gasteiger partial charge in [0.25, 0.3) is 10.1 Å². The van der Waals surface area contributed by atoms with E-state index < -0.39 is 10.1 Å². The van der Waals surface area contributed by atoms with E-state index in [-0.39, 0.29) is 11.6 Å². The molecule has 2 aromatic rings. The van der Waals surface area contributed by atoms with Gasteiger partial charge in [0.1, 0.15) is 5.82 Å². The van der Waals surface area contributed by atoms with Gasteiger partial charge in [-0.3, -0.25) is 4.55 Å². The van der Waals surface area contributed by atoms with Crippen molar-refractivity contribution in [3.63, 3.8) is 0 Å². The summed E-state index contributed by atoms with van der Waals surface area (Å²) in [4.78, 5) is 2.09. The summed E-state index contributed by atoms with van der Waals surface area (Å²) in [5.74, 6) is -0.485. The van der Waals surface area contributed by atoms with Gasteiger partial charge in [-0.05, 0) is 49.1 Å². The quantitative estimate of drug-likeness (QED) is 0.702. The highest BCUT2D eigenvalue weighted by molar-refractivity contribution is 7.85. The molecule has 0 aromatic heterocycles. The highest BCUT2D eigenvalue weighted by Crippen LogP contribution is 2.15. The lowest BCUT2D eigenvalue weighted by atomic mass is 10.1. The molecule has 0 saturated carbocycles. The zero-order valence-corrected chi connectivity index (χ0v) is 14.3. The molecule has 0 bridgehead atoms. The highest BCUT2D eigenvalue weighted by Gasteiger charge is 2.09. The molecular weight excluding hydrogens is 329 g/mol. The van der Waals surface area contributed by atoms with Crippen molar-refractivity contribution in [2.45, 2.75) is 19.3 Å². The molecule has 0 atom stereocenters. The standard InChI is InChI=1S/C18H22FNO3S/c19-17-9-4-7-16(15-17)8-5-12-20(13-6-14-24(21,22)23)18-10-2-1-3-11-18/h1-4,7,9-11,15H,5-6,8,12-14H2,(H,21,22,23). The number of para-hydroxylation sites is 1. The third kappa shape index (κ3) is 6.68. The molecule has 0 spiro atoms. The summed E-state index contributed by atoms with van der Waals surface area (Å²) in [6.07, 6.45) is 1.93. The fourth-order valence-corrected chi connectivity index (χ4v) is 3.11. The maximum Gasteiger partial charge on any atom is 0.264 e. The maximum atomic E-state index is 13.2. The zero-order chi connectivity index (χ0) is 17.4. The van der Waals surface area contributed by atoms with Gasteiger partial charge in [0.05, 0.1) is 5.75 Å². The van der Waals surface area contributed by atoms with Crippen LogP contribution in [0, 0.1) is 5.82 Å². The Labute approximate surface area is 142 Å². The Hall–Kier alpha value is -1.92. The number of halogens is 1. The molecule has 130 valence electrons. The van der Waals surface area contributed by atoms with Crippen LogP contribution in [0.4, 0.5) is 10.1 Å². The van der Waals surface area contributed by atoms with Gasteiger partial charge < -0.3 is 4.90 Å². The molecule has 24 heavy (non-hydrogen) atoms. The summed E-state index contributed by atoms with van der Waals surface area (Å²) < 4.78 is 43.8.